The molecule has 142 valence electrons. The molecule has 0 N–H and O–H groups in total. The number of fused-ring (bicyclic) bond motifs is 1. The Bertz CT molecular complexity index is 1020. The summed E-state index contributed by atoms with van der Waals surface area (Å²) in [6.45, 7) is 20.2. The van der Waals surface area contributed by atoms with Crippen molar-refractivity contribution < 1.29 is 4.57 Å². The number of hydrogen-bond acceptors (Lipinski definition) is 1. The summed E-state index contributed by atoms with van der Waals surface area (Å²) in [6, 6.07) is 13.3. The summed E-state index contributed by atoms with van der Waals surface area (Å²) in [6.07, 6.45) is 0. The van der Waals surface area contributed by atoms with Crippen LogP contribution >= 0.6 is 0 Å². The Balaban J connectivity index is 2.52. The van der Waals surface area contributed by atoms with Crippen LogP contribution in [0, 0.1) is 20.8 Å². The molecule has 0 spiro atoms. The van der Waals surface area contributed by atoms with Crippen LogP contribution < -0.4 is 4.57 Å². The van der Waals surface area contributed by atoms with Crippen molar-refractivity contribution in [3.8, 4) is 11.3 Å². The van der Waals surface area contributed by atoms with Gasteiger partial charge in [-0.15, -0.1) is 0 Å². The van der Waals surface area contributed by atoms with E-state index < -0.39 is 0 Å². The van der Waals surface area contributed by atoms with Gasteiger partial charge in [-0.1, -0.05) is 39.0 Å². The van der Waals surface area contributed by atoms with Crippen LogP contribution in [0.25, 0.3) is 22.3 Å². The van der Waals surface area contributed by atoms with Crippen LogP contribution in [0.1, 0.15) is 63.9 Å². The van der Waals surface area contributed by atoms with Gasteiger partial charge in [0.15, 0.2) is 5.54 Å². The third kappa shape index (κ3) is 3.50. The molecule has 2 nitrogen and oxygen atoms in total. The topological polar surface area (TPSA) is 16.8 Å². The lowest BCUT2D eigenvalue weighted by Crippen LogP contribution is -2.53. The van der Waals surface area contributed by atoms with E-state index in [4.69, 9.17) is 4.98 Å². The minimum absolute atomic E-state index is 0.0615. The number of benzene rings is 2. The van der Waals surface area contributed by atoms with E-state index in [1.54, 1.807) is 0 Å². The van der Waals surface area contributed by atoms with E-state index in [-0.39, 0.29) is 11.0 Å². The van der Waals surface area contributed by atoms with E-state index in [2.05, 4.69) is 103 Å². The molecule has 1 aromatic heterocycles. The average molecular weight is 362 g/mol. The van der Waals surface area contributed by atoms with Crippen molar-refractivity contribution in [2.24, 2.45) is 0 Å². The lowest BCUT2D eigenvalue weighted by Gasteiger charge is -2.25. The molecule has 27 heavy (non-hydrogen) atoms. The van der Waals surface area contributed by atoms with Crippen LogP contribution in [0.3, 0.4) is 0 Å². The molecule has 0 aliphatic rings. The Kier molecular flexibility index (Phi) is 4.66. The maximum absolute atomic E-state index is 5.03. The monoisotopic (exact) mass is 361 g/mol. The molecule has 0 bridgehead atoms. The molecule has 2 aromatic carbocycles. The number of rotatable bonds is 1. The summed E-state index contributed by atoms with van der Waals surface area (Å²) in [5.74, 6) is 0. The van der Waals surface area contributed by atoms with Gasteiger partial charge in [-0.3, -0.25) is 0 Å². The third-order valence-corrected chi connectivity index (χ3v) is 5.35. The van der Waals surface area contributed by atoms with Crippen LogP contribution in [0.2, 0.25) is 0 Å². The molecule has 0 aliphatic carbocycles. The van der Waals surface area contributed by atoms with Gasteiger partial charge < -0.3 is 0 Å². The first-order chi connectivity index (χ1) is 12.4. The smallest absolute Gasteiger partial charge is 0.235 e. The van der Waals surface area contributed by atoms with Gasteiger partial charge in [0.25, 0.3) is 0 Å². The number of aromatic nitrogens is 2. The third-order valence-electron chi connectivity index (χ3n) is 5.35. The molecule has 0 saturated carbocycles. The zero-order valence-electron chi connectivity index (χ0n) is 18.4. The van der Waals surface area contributed by atoms with E-state index in [0.29, 0.717) is 0 Å². The number of hydrogen-bond donors (Lipinski definition) is 0. The highest BCUT2D eigenvalue weighted by atomic mass is 15.1. The SMILES string of the molecule is Cc1cc2nc(C)c(-c3ccccc3C(C)(C)C)[n+](C(C)(C)C)c2cc1C. The van der Waals surface area contributed by atoms with Gasteiger partial charge in [0, 0.05) is 26.8 Å². The number of aryl methyl sites for hydroxylation is 3. The van der Waals surface area contributed by atoms with Crippen molar-refractivity contribution in [2.45, 2.75) is 73.3 Å². The molecule has 0 radical (unpaired) electrons. The van der Waals surface area contributed by atoms with Crippen LogP contribution in [0.5, 0.6) is 0 Å². The summed E-state index contributed by atoms with van der Waals surface area (Å²) < 4.78 is 2.49. The fraction of sp³-hybridized carbons (Fsp3) is 0.440. The van der Waals surface area contributed by atoms with E-state index in [1.807, 2.05) is 0 Å². The van der Waals surface area contributed by atoms with Crippen molar-refractivity contribution in [2.75, 3.05) is 0 Å². The molecule has 0 unspecified atom stereocenters. The second-order valence-electron chi connectivity index (χ2n) is 9.77. The van der Waals surface area contributed by atoms with E-state index in [1.165, 1.54) is 33.5 Å². The fourth-order valence-electron chi connectivity index (χ4n) is 3.93. The van der Waals surface area contributed by atoms with Gasteiger partial charge in [0.2, 0.25) is 11.2 Å². The van der Waals surface area contributed by atoms with Gasteiger partial charge in [-0.2, -0.15) is 4.57 Å². The minimum Gasteiger partial charge on any atom is -0.240 e. The van der Waals surface area contributed by atoms with E-state index >= 15 is 0 Å². The molecular weight excluding hydrogens is 328 g/mol. The first-order valence-electron chi connectivity index (χ1n) is 9.85. The standard InChI is InChI=1S/C25H33N2/c1-16-14-21-22(15-17(16)2)27(25(7,8)9)23(18(3)26-21)19-12-10-11-13-20(19)24(4,5)6/h10-15H,1-9H3/q+1. The van der Waals surface area contributed by atoms with Gasteiger partial charge in [-0.25, -0.2) is 4.98 Å². The Morgan fingerprint density at radius 1 is 0.815 bits per heavy atom. The van der Waals surface area contributed by atoms with Crippen LogP contribution in [0.15, 0.2) is 36.4 Å². The lowest BCUT2D eigenvalue weighted by molar-refractivity contribution is -0.721. The molecule has 0 atom stereocenters. The molecule has 3 rings (SSSR count). The summed E-state index contributed by atoms with van der Waals surface area (Å²) in [7, 11) is 0. The summed E-state index contributed by atoms with van der Waals surface area (Å²) in [4.78, 5) is 5.03. The first kappa shape index (κ1) is 19.5. The van der Waals surface area contributed by atoms with Crippen LogP contribution in [-0.2, 0) is 11.0 Å². The van der Waals surface area contributed by atoms with Crippen LogP contribution in [-0.4, -0.2) is 4.98 Å². The molecule has 0 aliphatic heterocycles. The second-order valence-corrected chi connectivity index (χ2v) is 9.77. The molecule has 3 aromatic rings. The van der Waals surface area contributed by atoms with E-state index in [9.17, 15) is 0 Å². The second kappa shape index (κ2) is 6.44. The summed E-state index contributed by atoms with van der Waals surface area (Å²) in [5, 5.41) is 0. The maximum atomic E-state index is 5.03. The predicted octanol–water partition coefficient (Wildman–Crippen LogP) is 6.17. The van der Waals surface area contributed by atoms with Crippen molar-refractivity contribution in [3.63, 3.8) is 0 Å². The highest BCUT2D eigenvalue weighted by Gasteiger charge is 2.34. The lowest BCUT2D eigenvalue weighted by atomic mass is 9.82. The molecule has 0 amide bonds. The van der Waals surface area contributed by atoms with Crippen molar-refractivity contribution in [1.29, 1.82) is 0 Å². The highest BCUT2D eigenvalue weighted by Crippen LogP contribution is 2.34. The Hall–Kier alpha value is -2.22. The summed E-state index contributed by atoms with van der Waals surface area (Å²) in [5.41, 5.74) is 9.82. The zero-order chi connectivity index (χ0) is 20.1. The van der Waals surface area contributed by atoms with Crippen molar-refractivity contribution >= 4 is 11.0 Å². The molecule has 0 saturated heterocycles. The van der Waals surface area contributed by atoms with E-state index in [0.717, 1.165) is 11.2 Å². The first-order valence-corrected chi connectivity index (χ1v) is 9.85. The molecule has 2 heteroatoms. The van der Waals surface area contributed by atoms with Gasteiger partial charge in [0.05, 0.1) is 5.56 Å². The Labute approximate surface area is 164 Å². The Morgan fingerprint density at radius 2 is 1.41 bits per heavy atom. The Morgan fingerprint density at radius 3 is 2.00 bits per heavy atom. The maximum Gasteiger partial charge on any atom is 0.235 e. The molecule has 0 fully saturated rings. The zero-order valence-corrected chi connectivity index (χ0v) is 18.4. The minimum atomic E-state index is -0.0615. The predicted molar refractivity (Wildman–Crippen MR) is 115 cm³/mol. The van der Waals surface area contributed by atoms with Gasteiger partial charge in [-0.05, 0) is 55.0 Å². The summed E-state index contributed by atoms with van der Waals surface area (Å²) >= 11 is 0. The quantitative estimate of drug-likeness (QED) is 0.474. The van der Waals surface area contributed by atoms with Crippen LogP contribution in [0.4, 0.5) is 0 Å². The fourth-order valence-corrected chi connectivity index (χ4v) is 3.93. The van der Waals surface area contributed by atoms with Crippen molar-refractivity contribution in [3.05, 3.63) is 58.8 Å². The van der Waals surface area contributed by atoms with Gasteiger partial charge >= 0.3 is 0 Å². The molecule has 1 heterocycles. The van der Waals surface area contributed by atoms with Crippen molar-refractivity contribution in [1.82, 2.24) is 4.98 Å². The normalized spacial score (nSPS) is 12.6. The average Bonchev–Trinajstić information content (AvgIpc) is 2.53. The van der Waals surface area contributed by atoms with Gasteiger partial charge in [0.1, 0.15) is 11.2 Å². The number of nitrogens with zero attached hydrogens (tertiary/aromatic N) is 2. The largest absolute Gasteiger partial charge is 0.240 e. The highest BCUT2D eigenvalue weighted by molar-refractivity contribution is 5.76. The molecular formula is C25H33N2+.